The number of nitrogens with zero attached hydrogens (tertiary/aromatic N) is 1. The van der Waals surface area contributed by atoms with Crippen LogP contribution < -0.4 is 10.7 Å². The summed E-state index contributed by atoms with van der Waals surface area (Å²) in [4.78, 5) is 29.8. The number of pyridine rings is 1. The predicted octanol–water partition coefficient (Wildman–Crippen LogP) is 1.92. The summed E-state index contributed by atoms with van der Waals surface area (Å²) in [5.74, 6) is -0.251. The molecule has 25 heavy (non-hydrogen) atoms. The summed E-state index contributed by atoms with van der Waals surface area (Å²) in [5.41, 5.74) is 1.77. The zero-order valence-corrected chi connectivity index (χ0v) is 15.2. The molecule has 6 nitrogen and oxygen atoms in total. The molecule has 136 valence electrons. The number of hydrogen-bond donors (Lipinski definition) is 2. The van der Waals surface area contributed by atoms with Crippen molar-refractivity contribution in [2.45, 2.75) is 20.8 Å². The van der Waals surface area contributed by atoms with Crippen LogP contribution in [0.4, 0.5) is 0 Å². The zero-order chi connectivity index (χ0) is 18.2. The van der Waals surface area contributed by atoms with E-state index in [1.165, 1.54) is 6.07 Å². The topological polar surface area (TPSA) is 74.4 Å². The predicted molar refractivity (Wildman–Crippen MR) is 100 cm³/mol. The lowest BCUT2D eigenvalue weighted by atomic mass is 10.1. The average Bonchev–Trinajstić information content (AvgIpc) is 2.64. The Kier molecular flexibility index (Phi) is 7.16. The van der Waals surface area contributed by atoms with Crippen LogP contribution in [0.3, 0.4) is 0 Å². The molecule has 0 aliphatic carbocycles. The largest absolute Gasteiger partial charge is 0.379 e. The summed E-state index contributed by atoms with van der Waals surface area (Å²) >= 11 is 0. The standard InChI is InChI=1S/C17H21N3O3.C2H6/c1-12-3-2-4-13-16(12)15(21)11-14(19-13)17(22)18-5-6-20-7-9-23-10-8-20;1-2/h2-4,11H,5-10H2,1H3,(H,18,22)(H,19,21);1-2H3. The van der Waals surface area contributed by atoms with Crippen molar-refractivity contribution < 1.29 is 9.53 Å². The smallest absolute Gasteiger partial charge is 0.267 e. The SMILES string of the molecule is CC.Cc1cccc2[nH]c(C(=O)NCCN3CCOCC3)cc(=O)c12. The summed E-state index contributed by atoms with van der Waals surface area (Å²) in [5, 5.41) is 3.50. The maximum Gasteiger partial charge on any atom is 0.267 e. The molecule has 0 unspecified atom stereocenters. The van der Waals surface area contributed by atoms with Crippen LogP contribution in [0.15, 0.2) is 29.1 Å². The fraction of sp³-hybridized carbons (Fsp3) is 0.474. The number of amides is 1. The third-order valence-electron chi connectivity index (χ3n) is 4.13. The van der Waals surface area contributed by atoms with Crippen molar-refractivity contribution in [1.29, 1.82) is 0 Å². The van der Waals surface area contributed by atoms with E-state index in [2.05, 4.69) is 15.2 Å². The summed E-state index contributed by atoms with van der Waals surface area (Å²) in [6.07, 6.45) is 0. The van der Waals surface area contributed by atoms with Crippen LogP contribution in [0.1, 0.15) is 29.9 Å². The molecular formula is C19H27N3O3. The molecule has 1 aliphatic heterocycles. The first-order valence-corrected chi connectivity index (χ1v) is 8.86. The number of rotatable bonds is 4. The van der Waals surface area contributed by atoms with Gasteiger partial charge in [-0.2, -0.15) is 0 Å². The molecule has 1 amide bonds. The number of benzene rings is 1. The van der Waals surface area contributed by atoms with E-state index in [9.17, 15) is 9.59 Å². The molecule has 1 aliphatic rings. The van der Waals surface area contributed by atoms with E-state index in [1.54, 1.807) is 0 Å². The van der Waals surface area contributed by atoms with Crippen molar-refractivity contribution in [3.63, 3.8) is 0 Å². The molecule has 1 saturated heterocycles. The highest BCUT2D eigenvalue weighted by molar-refractivity contribution is 5.95. The Morgan fingerprint density at radius 1 is 1.28 bits per heavy atom. The van der Waals surface area contributed by atoms with E-state index in [0.29, 0.717) is 23.1 Å². The lowest BCUT2D eigenvalue weighted by molar-refractivity contribution is 0.0383. The Balaban J connectivity index is 0.00000109. The van der Waals surface area contributed by atoms with Crippen molar-refractivity contribution in [2.75, 3.05) is 39.4 Å². The number of carbonyl (C=O) groups is 1. The molecule has 1 fully saturated rings. The van der Waals surface area contributed by atoms with E-state index in [-0.39, 0.29) is 11.3 Å². The minimum Gasteiger partial charge on any atom is -0.379 e. The van der Waals surface area contributed by atoms with Gasteiger partial charge in [-0.1, -0.05) is 26.0 Å². The third kappa shape index (κ3) is 4.90. The Bertz CT molecular complexity index is 764. The number of aromatic nitrogens is 1. The van der Waals surface area contributed by atoms with E-state index in [0.717, 1.165) is 38.4 Å². The number of nitrogens with one attached hydrogen (secondary N) is 2. The summed E-state index contributed by atoms with van der Waals surface area (Å²) in [6, 6.07) is 6.95. The van der Waals surface area contributed by atoms with Gasteiger partial charge in [0.25, 0.3) is 5.91 Å². The van der Waals surface area contributed by atoms with E-state index in [1.807, 2.05) is 39.0 Å². The van der Waals surface area contributed by atoms with E-state index in [4.69, 9.17) is 4.74 Å². The molecule has 2 aromatic rings. The van der Waals surface area contributed by atoms with Crippen molar-refractivity contribution >= 4 is 16.8 Å². The van der Waals surface area contributed by atoms with Gasteiger partial charge in [-0.15, -0.1) is 0 Å². The number of carbonyl (C=O) groups excluding carboxylic acids is 1. The molecule has 1 aromatic carbocycles. The molecular weight excluding hydrogens is 318 g/mol. The number of H-pyrrole nitrogens is 1. The Hall–Kier alpha value is -2.18. The molecule has 3 rings (SSSR count). The van der Waals surface area contributed by atoms with Crippen LogP contribution in [0.25, 0.3) is 10.9 Å². The second kappa shape index (κ2) is 9.34. The fourth-order valence-electron chi connectivity index (χ4n) is 2.85. The number of aryl methyl sites for hydroxylation is 1. The molecule has 0 atom stereocenters. The first kappa shape index (κ1) is 19.1. The lowest BCUT2D eigenvalue weighted by Crippen LogP contribution is -2.41. The van der Waals surface area contributed by atoms with Crippen LogP contribution in [0.5, 0.6) is 0 Å². The van der Waals surface area contributed by atoms with Gasteiger partial charge in [0.1, 0.15) is 5.69 Å². The summed E-state index contributed by atoms with van der Waals surface area (Å²) in [6.45, 7) is 10.5. The lowest BCUT2D eigenvalue weighted by Gasteiger charge is -2.26. The van der Waals surface area contributed by atoms with Crippen LogP contribution in [0, 0.1) is 6.92 Å². The minimum absolute atomic E-state index is 0.129. The van der Waals surface area contributed by atoms with Crippen molar-refractivity contribution in [3.05, 3.63) is 45.7 Å². The van der Waals surface area contributed by atoms with Crippen molar-refractivity contribution in [1.82, 2.24) is 15.2 Å². The van der Waals surface area contributed by atoms with Gasteiger partial charge in [0.15, 0.2) is 5.43 Å². The maximum absolute atomic E-state index is 12.2. The fourth-order valence-corrected chi connectivity index (χ4v) is 2.85. The molecule has 2 N–H and O–H groups in total. The van der Waals surface area contributed by atoms with Crippen LogP contribution in [-0.4, -0.2) is 55.2 Å². The average molecular weight is 345 g/mol. The molecule has 0 radical (unpaired) electrons. The number of hydrogen-bond acceptors (Lipinski definition) is 4. The van der Waals surface area contributed by atoms with Crippen molar-refractivity contribution in [3.8, 4) is 0 Å². The van der Waals surface area contributed by atoms with Gasteiger partial charge in [-0.25, -0.2) is 0 Å². The van der Waals surface area contributed by atoms with Gasteiger partial charge in [0.2, 0.25) is 0 Å². The molecule has 6 heteroatoms. The normalized spacial score (nSPS) is 14.7. The molecule has 0 bridgehead atoms. The van der Waals surface area contributed by atoms with Gasteiger partial charge in [0, 0.05) is 37.6 Å². The van der Waals surface area contributed by atoms with Gasteiger partial charge >= 0.3 is 0 Å². The monoisotopic (exact) mass is 345 g/mol. The van der Waals surface area contributed by atoms with Crippen LogP contribution in [-0.2, 0) is 4.74 Å². The molecule has 2 heterocycles. The second-order valence-corrected chi connectivity index (χ2v) is 5.75. The Morgan fingerprint density at radius 2 is 2.00 bits per heavy atom. The highest BCUT2D eigenvalue weighted by Crippen LogP contribution is 2.12. The van der Waals surface area contributed by atoms with E-state index < -0.39 is 0 Å². The second-order valence-electron chi connectivity index (χ2n) is 5.75. The van der Waals surface area contributed by atoms with Gasteiger partial charge in [0.05, 0.1) is 18.7 Å². The molecule has 0 saturated carbocycles. The number of morpholine rings is 1. The van der Waals surface area contributed by atoms with Gasteiger partial charge in [-0.05, 0) is 18.6 Å². The first-order valence-electron chi connectivity index (χ1n) is 8.86. The Morgan fingerprint density at radius 3 is 2.72 bits per heavy atom. The minimum atomic E-state index is -0.251. The third-order valence-corrected chi connectivity index (χ3v) is 4.13. The Labute approximate surface area is 148 Å². The van der Waals surface area contributed by atoms with E-state index >= 15 is 0 Å². The van der Waals surface area contributed by atoms with Crippen LogP contribution >= 0.6 is 0 Å². The highest BCUT2D eigenvalue weighted by Gasteiger charge is 2.13. The molecule has 1 aromatic heterocycles. The maximum atomic E-state index is 12.2. The van der Waals surface area contributed by atoms with Crippen LogP contribution in [0.2, 0.25) is 0 Å². The summed E-state index contributed by atoms with van der Waals surface area (Å²) < 4.78 is 5.29. The number of ether oxygens (including phenoxy) is 1. The van der Waals surface area contributed by atoms with Gasteiger partial charge < -0.3 is 15.0 Å². The molecule has 0 spiro atoms. The highest BCUT2D eigenvalue weighted by atomic mass is 16.5. The summed E-state index contributed by atoms with van der Waals surface area (Å²) in [7, 11) is 0. The number of fused-ring (bicyclic) bond motifs is 1. The number of aromatic amines is 1. The van der Waals surface area contributed by atoms with Gasteiger partial charge in [-0.3, -0.25) is 14.5 Å². The zero-order valence-electron chi connectivity index (χ0n) is 15.2. The first-order chi connectivity index (χ1) is 12.1. The van der Waals surface area contributed by atoms with Crippen molar-refractivity contribution in [2.24, 2.45) is 0 Å². The quantitative estimate of drug-likeness (QED) is 0.888.